The first-order chi connectivity index (χ1) is 7.59. The van der Waals surface area contributed by atoms with Crippen LogP contribution in [0.2, 0.25) is 5.02 Å². The van der Waals surface area contributed by atoms with Crippen LogP contribution < -0.4 is 0 Å². The van der Waals surface area contributed by atoms with Gasteiger partial charge in [-0.15, -0.1) is 12.6 Å². The third kappa shape index (κ3) is 2.50. The molecule has 0 atom stereocenters. The fraction of sp³-hybridized carbons (Fsp3) is 0.231. The average molecular weight is 257 g/mol. The Kier molecular flexibility index (Phi) is 4.63. The fourth-order valence-corrected chi connectivity index (χ4v) is 2.24. The van der Waals surface area contributed by atoms with E-state index in [2.05, 4.69) is 12.6 Å². The summed E-state index contributed by atoms with van der Waals surface area (Å²) in [7, 11) is 0. The van der Waals surface area contributed by atoms with Crippen molar-refractivity contribution in [2.45, 2.75) is 25.7 Å². The van der Waals surface area contributed by atoms with Crippen LogP contribution in [0.1, 0.15) is 19.4 Å². The van der Waals surface area contributed by atoms with Crippen molar-refractivity contribution in [3.8, 4) is 0 Å². The van der Waals surface area contributed by atoms with E-state index in [1.807, 2.05) is 32.9 Å². The van der Waals surface area contributed by atoms with Gasteiger partial charge in [0, 0.05) is 10.3 Å². The van der Waals surface area contributed by atoms with Crippen LogP contribution in [-0.2, 0) is 0 Å². The summed E-state index contributed by atoms with van der Waals surface area (Å²) in [5.74, 6) is -0.380. The molecule has 3 heteroatoms. The minimum Gasteiger partial charge on any atom is -0.205 e. The third-order valence-corrected chi connectivity index (χ3v) is 2.82. The molecule has 0 saturated carbocycles. The van der Waals surface area contributed by atoms with Gasteiger partial charge in [-0.3, -0.25) is 0 Å². The number of rotatable bonds is 0. The molecular weight excluding hydrogens is 243 g/mol. The smallest absolute Gasteiger partial charge is 0.142 e. The molecule has 0 aliphatic heterocycles. The maximum absolute atomic E-state index is 13.2. The summed E-state index contributed by atoms with van der Waals surface area (Å²) in [6, 6.07) is 6.83. The zero-order chi connectivity index (χ0) is 12.3. The normalized spacial score (nSPS) is 9.88. The van der Waals surface area contributed by atoms with Gasteiger partial charge >= 0.3 is 0 Å². The molecule has 0 aliphatic carbocycles. The van der Waals surface area contributed by atoms with E-state index in [0.717, 1.165) is 21.2 Å². The molecule has 0 radical (unpaired) electrons. The first kappa shape index (κ1) is 13.3. The highest BCUT2D eigenvalue weighted by Crippen LogP contribution is 2.30. The van der Waals surface area contributed by atoms with Gasteiger partial charge in [-0.2, -0.15) is 0 Å². The first-order valence-corrected chi connectivity index (χ1v) is 5.99. The highest BCUT2D eigenvalue weighted by atomic mass is 35.5. The van der Waals surface area contributed by atoms with Crippen LogP contribution in [0.3, 0.4) is 0 Å². The minimum atomic E-state index is -0.380. The average Bonchev–Trinajstić information content (AvgIpc) is 2.26. The Labute approximate surface area is 106 Å². The standard InChI is InChI=1S/C11H8ClFS.C2H6/c1-6-4-8(14)5-7-2-3-9(13)11(12)10(6)7;1-2/h2-5,14H,1H3;1-2H3. The zero-order valence-electron chi connectivity index (χ0n) is 9.51. The van der Waals surface area contributed by atoms with Crippen molar-refractivity contribution in [3.05, 3.63) is 40.7 Å². The van der Waals surface area contributed by atoms with Gasteiger partial charge in [0.2, 0.25) is 0 Å². The van der Waals surface area contributed by atoms with Crippen molar-refractivity contribution in [2.75, 3.05) is 0 Å². The zero-order valence-corrected chi connectivity index (χ0v) is 11.2. The van der Waals surface area contributed by atoms with Crippen molar-refractivity contribution in [1.29, 1.82) is 0 Å². The molecule has 0 saturated heterocycles. The molecule has 2 rings (SSSR count). The van der Waals surface area contributed by atoms with Gasteiger partial charge < -0.3 is 0 Å². The SMILES string of the molecule is CC.Cc1cc(S)cc2ccc(F)c(Cl)c12. The molecule has 0 fully saturated rings. The van der Waals surface area contributed by atoms with E-state index in [9.17, 15) is 4.39 Å². The molecular formula is C13H14ClFS. The van der Waals surface area contributed by atoms with E-state index in [4.69, 9.17) is 11.6 Å². The maximum atomic E-state index is 13.2. The van der Waals surface area contributed by atoms with E-state index in [0.29, 0.717) is 0 Å². The van der Waals surface area contributed by atoms with Gasteiger partial charge in [0.25, 0.3) is 0 Å². The highest BCUT2D eigenvalue weighted by Gasteiger charge is 2.07. The van der Waals surface area contributed by atoms with Crippen LogP contribution in [0.5, 0.6) is 0 Å². The minimum absolute atomic E-state index is 0.188. The van der Waals surface area contributed by atoms with Gasteiger partial charge in [-0.1, -0.05) is 31.5 Å². The Morgan fingerprint density at radius 1 is 1.19 bits per heavy atom. The second kappa shape index (κ2) is 5.55. The molecule has 16 heavy (non-hydrogen) atoms. The van der Waals surface area contributed by atoms with Crippen LogP contribution in [0.15, 0.2) is 29.2 Å². The topological polar surface area (TPSA) is 0 Å². The second-order valence-electron chi connectivity index (χ2n) is 3.22. The maximum Gasteiger partial charge on any atom is 0.142 e. The number of aryl methyl sites for hydroxylation is 1. The van der Waals surface area contributed by atoms with E-state index < -0.39 is 0 Å². The lowest BCUT2D eigenvalue weighted by Crippen LogP contribution is -1.84. The number of hydrogen-bond donors (Lipinski definition) is 1. The molecule has 0 spiro atoms. The van der Waals surface area contributed by atoms with Crippen LogP contribution in [0.25, 0.3) is 10.8 Å². The monoisotopic (exact) mass is 256 g/mol. The summed E-state index contributed by atoms with van der Waals surface area (Å²) in [5, 5.41) is 1.87. The summed E-state index contributed by atoms with van der Waals surface area (Å²) >= 11 is 10.1. The molecule has 2 aromatic carbocycles. The lowest BCUT2D eigenvalue weighted by Gasteiger charge is -2.06. The van der Waals surface area contributed by atoms with Crippen molar-refractivity contribution in [1.82, 2.24) is 0 Å². The number of thiol groups is 1. The second-order valence-corrected chi connectivity index (χ2v) is 4.12. The summed E-state index contributed by atoms with van der Waals surface area (Å²) in [5.41, 5.74) is 0.942. The van der Waals surface area contributed by atoms with E-state index >= 15 is 0 Å². The summed E-state index contributed by atoms with van der Waals surface area (Å²) in [6.07, 6.45) is 0. The molecule has 0 unspecified atom stereocenters. The Balaban J connectivity index is 0.000000606. The predicted molar refractivity (Wildman–Crippen MR) is 72.3 cm³/mol. The summed E-state index contributed by atoms with van der Waals surface area (Å²) < 4.78 is 13.2. The van der Waals surface area contributed by atoms with E-state index in [1.165, 1.54) is 6.07 Å². The van der Waals surface area contributed by atoms with Crippen molar-refractivity contribution in [3.63, 3.8) is 0 Å². The van der Waals surface area contributed by atoms with Crippen LogP contribution in [0, 0.1) is 12.7 Å². The fourth-order valence-electron chi connectivity index (χ4n) is 1.58. The molecule has 2 aromatic rings. The third-order valence-electron chi connectivity index (χ3n) is 2.19. The Morgan fingerprint density at radius 3 is 2.44 bits per heavy atom. The van der Waals surface area contributed by atoms with Gasteiger partial charge in [-0.05, 0) is 36.1 Å². The highest BCUT2D eigenvalue weighted by molar-refractivity contribution is 7.80. The molecule has 0 bridgehead atoms. The number of halogens is 2. The van der Waals surface area contributed by atoms with Gasteiger partial charge in [0.15, 0.2) is 0 Å². The largest absolute Gasteiger partial charge is 0.205 e. The molecule has 0 N–H and O–H groups in total. The van der Waals surface area contributed by atoms with Crippen molar-refractivity contribution in [2.24, 2.45) is 0 Å². The molecule has 86 valence electrons. The molecule has 0 nitrogen and oxygen atoms in total. The van der Waals surface area contributed by atoms with Gasteiger partial charge in [0.05, 0.1) is 5.02 Å². The lowest BCUT2D eigenvalue weighted by molar-refractivity contribution is 0.630. The van der Waals surface area contributed by atoms with Crippen LogP contribution >= 0.6 is 24.2 Å². The summed E-state index contributed by atoms with van der Waals surface area (Å²) in [4.78, 5) is 0.859. The lowest BCUT2D eigenvalue weighted by atomic mass is 10.1. The molecule has 0 aliphatic rings. The van der Waals surface area contributed by atoms with Crippen molar-refractivity contribution >= 4 is 35.0 Å². The van der Waals surface area contributed by atoms with Gasteiger partial charge in [0.1, 0.15) is 5.82 Å². The predicted octanol–water partition coefficient (Wildman–Crippen LogP) is 5.26. The van der Waals surface area contributed by atoms with Crippen LogP contribution in [0.4, 0.5) is 4.39 Å². The number of fused-ring (bicyclic) bond motifs is 1. The van der Waals surface area contributed by atoms with Gasteiger partial charge in [-0.25, -0.2) is 4.39 Å². The van der Waals surface area contributed by atoms with Crippen molar-refractivity contribution < 1.29 is 4.39 Å². The quantitative estimate of drug-likeness (QED) is 0.611. The number of benzene rings is 2. The molecule has 0 amide bonds. The molecule has 0 heterocycles. The number of hydrogen-bond acceptors (Lipinski definition) is 1. The Morgan fingerprint density at radius 2 is 1.81 bits per heavy atom. The summed E-state index contributed by atoms with van der Waals surface area (Å²) in [6.45, 7) is 5.90. The van der Waals surface area contributed by atoms with E-state index in [-0.39, 0.29) is 10.8 Å². The Bertz CT molecular complexity index is 509. The van der Waals surface area contributed by atoms with Crippen LogP contribution in [-0.4, -0.2) is 0 Å². The Hall–Kier alpha value is -0.730. The molecule has 0 aromatic heterocycles. The first-order valence-electron chi connectivity index (χ1n) is 5.17. The van der Waals surface area contributed by atoms with E-state index in [1.54, 1.807) is 6.07 Å².